The molecule has 1 amide bonds. The summed E-state index contributed by atoms with van der Waals surface area (Å²) < 4.78 is 1.46. The molecule has 0 saturated carbocycles. The van der Waals surface area contributed by atoms with Gasteiger partial charge in [-0.15, -0.1) is 0 Å². The van der Waals surface area contributed by atoms with Gasteiger partial charge in [0, 0.05) is 26.1 Å². The number of H-pyrrole nitrogens is 1. The predicted molar refractivity (Wildman–Crippen MR) is 106 cm³/mol. The Kier molecular flexibility index (Phi) is 5.86. The highest BCUT2D eigenvalue weighted by atomic mass is 16.2. The van der Waals surface area contributed by atoms with Gasteiger partial charge in [-0.05, 0) is 31.0 Å². The van der Waals surface area contributed by atoms with Gasteiger partial charge in [0.2, 0.25) is 5.91 Å². The van der Waals surface area contributed by atoms with Crippen LogP contribution >= 0.6 is 0 Å². The molecule has 2 aromatic carbocycles. The largest absolute Gasteiger partial charge is 0.343 e. The van der Waals surface area contributed by atoms with Gasteiger partial charge in [-0.1, -0.05) is 42.5 Å². The van der Waals surface area contributed by atoms with Gasteiger partial charge in [0.15, 0.2) is 0 Å². The zero-order valence-corrected chi connectivity index (χ0v) is 15.4. The lowest BCUT2D eigenvalue weighted by atomic mass is 10.1. The molecule has 0 aliphatic rings. The van der Waals surface area contributed by atoms with Crippen LogP contribution in [-0.4, -0.2) is 33.4 Å². The molecule has 3 rings (SSSR count). The van der Waals surface area contributed by atoms with Crippen molar-refractivity contribution in [1.29, 1.82) is 0 Å². The van der Waals surface area contributed by atoms with Crippen molar-refractivity contribution >= 4 is 16.8 Å². The number of nitrogens with zero attached hydrogens (tertiary/aromatic N) is 2. The Hall–Kier alpha value is -3.15. The number of aromatic nitrogens is 2. The maximum atomic E-state index is 12.6. The number of aromatic amines is 1. The molecule has 0 radical (unpaired) electrons. The van der Waals surface area contributed by atoms with Crippen LogP contribution in [0.25, 0.3) is 10.9 Å². The number of aryl methyl sites for hydroxylation is 1. The number of nitrogens with one attached hydrogen (secondary N) is 1. The van der Waals surface area contributed by atoms with Crippen LogP contribution in [0.15, 0.2) is 64.2 Å². The number of amides is 1. The maximum absolute atomic E-state index is 12.6. The van der Waals surface area contributed by atoms with Gasteiger partial charge in [0.25, 0.3) is 5.56 Å². The van der Waals surface area contributed by atoms with Crippen molar-refractivity contribution < 1.29 is 4.79 Å². The Morgan fingerprint density at radius 1 is 1.04 bits per heavy atom. The van der Waals surface area contributed by atoms with E-state index >= 15 is 0 Å². The second-order valence-corrected chi connectivity index (χ2v) is 6.39. The summed E-state index contributed by atoms with van der Waals surface area (Å²) in [6, 6.07) is 17.0. The predicted octanol–water partition coefficient (Wildman–Crippen LogP) is 2.17. The smallest absolute Gasteiger partial charge is 0.328 e. The van der Waals surface area contributed by atoms with Crippen LogP contribution in [-0.2, 0) is 17.8 Å². The van der Waals surface area contributed by atoms with Crippen molar-refractivity contribution in [2.24, 2.45) is 0 Å². The fourth-order valence-electron chi connectivity index (χ4n) is 3.20. The Labute approximate surface area is 157 Å². The summed E-state index contributed by atoms with van der Waals surface area (Å²) in [5.74, 6) is -0.00406. The van der Waals surface area contributed by atoms with E-state index < -0.39 is 11.2 Å². The minimum atomic E-state index is -0.487. The number of rotatable bonds is 7. The molecule has 0 aliphatic heterocycles. The molecule has 0 bridgehead atoms. The Balaban J connectivity index is 1.70. The summed E-state index contributed by atoms with van der Waals surface area (Å²) in [7, 11) is 0. The number of carbonyl (C=O) groups excluding carboxylic acids is 1. The SMILES string of the molecule is CCN(CCc1ccccc1)C(=O)CCn1c(=O)[nH]c(=O)c2ccccc21. The van der Waals surface area contributed by atoms with Crippen molar-refractivity contribution in [3.63, 3.8) is 0 Å². The minimum Gasteiger partial charge on any atom is -0.343 e. The van der Waals surface area contributed by atoms with E-state index in [9.17, 15) is 14.4 Å². The monoisotopic (exact) mass is 365 g/mol. The van der Waals surface area contributed by atoms with Crippen LogP contribution in [0.5, 0.6) is 0 Å². The topological polar surface area (TPSA) is 75.2 Å². The number of likely N-dealkylation sites (N-methyl/N-ethyl adjacent to an activating group) is 1. The van der Waals surface area contributed by atoms with Crippen molar-refractivity contribution in [3.8, 4) is 0 Å². The summed E-state index contributed by atoms with van der Waals surface area (Å²) in [6.07, 6.45) is 1.00. The highest BCUT2D eigenvalue weighted by Gasteiger charge is 2.13. The fourth-order valence-corrected chi connectivity index (χ4v) is 3.20. The van der Waals surface area contributed by atoms with E-state index in [0.29, 0.717) is 24.0 Å². The summed E-state index contributed by atoms with van der Waals surface area (Å²) in [5.41, 5.74) is 0.841. The molecule has 0 atom stereocenters. The quantitative estimate of drug-likeness (QED) is 0.697. The summed E-state index contributed by atoms with van der Waals surface area (Å²) >= 11 is 0. The second kappa shape index (κ2) is 8.49. The first-order valence-corrected chi connectivity index (χ1v) is 9.13. The fraction of sp³-hybridized carbons (Fsp3) is 0.286. The molecular weight excluding hydrogens is 342 g/mol. The van der Waals surface area contributed by atoms with Crippen LogP contribution in [0.4, 0.5) is 0 Å². The average molecular weight is 365 g/mol. The zero-order valence-electron chi connectivity index (χ0n) is 15.4. The van der Waals surface area contributed by atoms with E-state index in [2.05, 4.69) is 4.98 Å². The molecule has 1 N–H and O–H groups in total. The van der Waals surface area contributed by atoms with Crippen molar-refractivity contribution in [2.75, 3.05) is 13.1 Å². The molecule has 6 heteroatoms. The number of benzene rings is 2. The number of fused-ring (bicyclic) bond motifs is 1. The van der Waals surface area contributed by atoms with E-state index in [1.165, 1.54) is 10.1 Å². The molecular formula is C21H23N3O3. The Bertz CT molecular complexity index is 1040. The number of para-hydroxylation sites is 1. The lowest BCUT2D eigenvalue weighted by molar-refractivity contribution is -0.131. The molecule has 140 valence electrons. The van der Waals surface area contributed by atoms with Gasteiger partial charge in [-0.25, -0.2) is 4.79 Å². The number of hydrogen-bond acceptors (Lipinski definition) is 3. The van der Waals surface area contributed by atoms with Crippen LogP contribution in [0.2, 0.25) is 0 Å². The molecule has 0 fully saturated rings. The Morgan fingerprint density at radius 2 is 1.74 bits per heavy atom. The van der Waals surface area contributed by atoms with Gasteiger partial charge < -0.3 is 4.90 Å². The maximum Gasteiger partial charge on any atom is 0.328 e. The van der Waals surface area contributed by atoms with Gasteiger partial charge in [0.05, 0.1) is 10.9 Å². The summed E-state index contributed by atoms with van der Waals surface area (Å²) in [6.45, 7) is 3.44. The summed E-state index contributed by atoms with van der Waals surface area (Å²) in [4.78, 5) is 40.9. The second-order valence-electron chi connectivity index (χ2n) is 6.39. The van der Waals surface area contributed by atoms with Gasteiger partial charge >= 0.3 is 5.69 Å². The van der Waals surface area contributed by atoms with E-state index in [-0.39, 0.29) is 18.9 Å². The molecule has 3 aromatic rings. The normalized spacial score (nSPS) is 10.9. The third-order valence-electron chi connectivity index (χ3n) is 4.70. The number of hydrogen-bond donors (Lipinski definition) is 1. The van der Waals surface area contributed by atoms with E-state index in [0.717, 1.165) is 6.42 Å². The molecule has 0 unspecified atom stereocenters. The summed E-state index contributed by atoms with van der Waals surface area (Å²) in [5, 5.41) is 0.445. The number of carbonyl (C=O) groups is 1. The average Bonchev–Trinajstić information content (AvgIpc) is 2.69. The van der Waals surface area contributed by atoms with E-state index in [1.54, 1.807) is 29.2 Å². The van der Waals surface area contributed by atoms with Crippen LogP contribution in [0.3, 0.4) is 0 Å². The lowest BCUT2D eigenvalue weighted by Crippen LogP contribution is -2.35. The van der Waals surface area contributed by atoms with Crippen molar-refractivity contribution in [1.82, 2.24) is 14.5 Å². The van der Waals surface area contributed by atoms with Gasteiger partial charge in [-0.3, -0.25) is 19.1 Å². The molecule has 0 saturated heterocycles. The third kappa shape index (κ3) is 4.34. The lowest BCUT2D eigenvalue weighted by Gasteiger charge is -2.21. The van der Waals surface area contributed by atoms with E-state index in [4.69, 9.17) is 0 Å². The van der Waals surface area contributed by atoms with Crippen molar-refractivity contribution in [2.45, 2.75) is 26.3 Å². The molecule has 6 nitrogen and oxygen atoms in total. The highest BCUT2D eigenvalue weighted by Crippen LogP contribution is 2.08. The molecule has 0 spiro atoms. The minimum absolute atomic E-state index is 0.00406. The highest BCUT2D eigenvalue weighted by molar-refractivity contribution is 5.79. The third-order valence-corrected chi connectivity index (χ3v) is 4.70. The molecule has 1 aromatic heterocycles. The molecule has 0 aliphatic carbocycles. The molecule has 1 heterocycles. The van der Waals surface area contributed by atoms with Gasteiger partial charge in [0.1, 0.15) is 0 Å². The standard InChI is InChI=1S/C21H23N3O3/c1-2-23(14-12-16-8-4-3-5-9-16)19(25)13-15-24-18-11-7-6-10-17(18)20(26)22-21(24)27/h3-11H,2,12-15H2,1H3,(H,22,26,27). The van der Waals surface area contributed by atoms with Gasteiger partial charge in [-0.2, -0.15) is 0 Å². The first kappa shape index (κ1) is 18.6. The van der Waals surface area contributed by atoms with Crippen LogP contribution in [0, 0.1) is 0 Å². The first-order valence-electron chi connectivity index (χ1n) is 9.13. The van der Waals surface area contributed by atoms with Crippen molar-refractivity contribution in [3.05, 3.63) is 81.0 Å². The van der Waals surface area contributed by atoms with Crippen LogP contribution < -0.4 is 11.2 Å². The van der Waals surface area contributed by atoms with E-state index in [1.807, 2.05) is 37.3 Å². The zero-order chi connectivity index (χ0) is 19.2. The first-order chi connectivity index (χ1) is 13.1. The Morgan fingerprint density at radius 3 is 2.48 bits per heavy atom. The molecule has 27 heavy (non-hydrogen) atoms. The van der Waals surface area contributed by atoms with Crippen LogP contribution in [0.1, 0.15) is 18.9 Å².